The quantitative estimate of drug-likeness (QED) is 0.340. The van der Waals surface area contributed by atoms with E-state index in [1.165, 1.54) is 5.56 Å². The van der Waals surface area contributed by atoms with E-state index in [0.29, 0.717) is 17.4 Å². The summed E-state index contributed by atoms with van der Waals surface area (Å²) in [4.78, 5) is 15.2. The molecule has 0 spiro atoms. The third-order valence-corrected chi connectivity index (χ3v) is 6.92. The van der Waals surface area contributed by atoms with E-state index >= 15 is 0 Å². The van der Waals surface area contributed by atoms with Gasteiger partial charge < -0.3 is 20.3 Å². The maximum Gasteiger partial charge on any atom is 0.259 e. The average Bonchev–Trinajstić information content (AvgIpc) is 3.45. The van der Waals surface area contributed by atoms with Crippen molar-refractivity contribution >= 4 is 17.3 Å². The first kappa shape index (κ1) is 24.6. The lowest BCUT2D eigenvalue weighted by Crippen LogP contribution is -2.43. The van der Waals surface area contributed by atoms with Crippen LogP contribution in [0.15, 0.2) is 91.3 Å². The van der Waals surface area contributed by atoms with Crippen LogP contribution in [-0.2, 0) is 0 Å². The normalized spacial score (nSPS) is 14.8. The van der Waals surface area contributed by atoms with Gasteiger partial charge in [0.25, 0.3) is 5.91 Å². The lowest BCUT2D eigenvalue weighted by molar-refractivity contribution is 0.102. The van der Waals surface area contributed by atoms with Gasteiger partial charge in [0.15, 0.2) is 0 Å². The van der Waals surface area contributed by atoms with Gasteiger partial charge in [0.2, 0.25) is 0 Å². The summed E-state index contributed by atoms with van der Waals surface area (Å²) in [5, 5.41) is 11.3. The Morgan fingerprint density at radius 1 is 0.973 bits per heavy atom. The van der Waals surface area contributed by atoms with Crippen molar-refractivity contribution in [3.05, 3.63) is 102 Å². The number of hydrogen-bond donors (Lipinski definition) is 2. The van der Waals surface area contributed by atoms with E-state index < -0.39 is 0 Å². The molecule has 0 saturated carbocycles. The van der Waals surface area contributed by atoms with E-state index in [-0.39, 0.29) is 11.9 Å². The lowest BCUT2D eigenvalue weighted by Gasteiger charge is -2.35. The van der Waals surface area contributed by atoms with Gasteiger partial charge in [-0.3, -0.25) is 4.79 Å². The molecule has 0 bridgehead atoms. The standard InChI is InChI=1S/C30H33N5O2/c1-22(23-20-31-35(21-23)26-10-4-3-5-11-26)32-24-15-17-34(18-16-24)27-12-8-9-25(19-27)33-30(36)28-13-6-7-14-29(28)37-2/h3-14,19-22,24,32H,15-18H2,1-2H3,(H,33,36)/t22-/m0/s1. The van der Waals surface area contributed by atoms with Crippen LogP contribution in [0.2, 0.25) is 0 Å². The molecule has 1 fully saturated rings. The minimum Gasteiger partial charge on any atom is -0.496 e. The number of hydrogen-bond acceptors (Lipinski definition) is 5. The minimum atomic E-state index is -0.179. The zero-order valence-corrected chi connectivity index (χ0v) is 21.3. The van der Waals surface area contributed by atoms with E-state index in [1.807, 2.05) is 59.4 Å². The Morgan fingerprint density at radius 3 is 2.49 bits per heavy atom. The number of anilines is 2. The molecule has 190 valence electrons. The fraction of sp³-hybridized carbons (Fsp3) is 0.267. The van der Waals surface area contributed by atoms with Crippen LogP contribution in [0.4, 0.5) is 11.4 Å². The molecule has 3 aromatic carbocycles. The van der Waals surface area contributed by atoms with Crippen LogP contribution < -0.4 is 20.3 Å². The monoisotopic (exact) mass is 495 g/mol. The number of methoxy groups -OCH3 is 1. The van der Waals surface area contributed by atoms with Crippen LogP contribution >= 0.6 is 0 Å². The zero-order valence-electron chi connectivity index (χ0n) is 21.3. The minimum absolute atomic E-state index is 0.179. The van der Waals surface area contributed by atoms with Crippen molar-refractivity contribution in [1.82, 2.24) is 15.1 Å². The molecule has 2 heterocycles. The second kappa shape index (κ2) is 11.3. The number of carbonyl (C=O) groups is 1. The highest BCUT2D eigenvalue weighted by molar-refractivity contribution is 6.06. The highest BCUT2D eigenvalue weighted by Crippen LogP contribution is 2.26. The van der Waals surface area contributed by atoms with Crippen LogP contribution in [0.5, 0.6) is 5.75 Å². The van der Waals surface area contributed by atoms with E-state index in [2.05, 4.69) is 52.0 Å². The molecule has 2 N–H and O–H groups in total. The first-order chi connectivity index (χ1) is 18.1. The molecule has 37 heavy (non-hydrogen) atoms. The fourth-order valence-corrected chi connectivity index (χ4v) is 4.85. The molecular formula is C30H33N5O2. The van der Waals surface area contributed by atoms with Crippen LogP contribution in [0, 0.1) is 0 Å². The molecule has 1 amide bonds. The molecule has 7 heteroatoms. The molecule has 4 aromatic rings. The maximum atomic E-state index is 12.8. The summed E-state index contributed by atoms with van der Waals surface area (Å²) >= 11 is 0. The van der Waals surface area contributed by atoms with Crippen molar-refractivity contribution in [2.45, 2.75) is 31.8 Å². The Bertz CT molecular complexity index is 1330. The van der Waals surface area contributed by atoms with E-state index in [0.717, 1.165) is 43.0 Å². The molecule has 0 unspecified atom stereocenters. The van der Waals surface area contributed by atoms with Gasteiger partial charge >= 0.3 is 0 Å². The van der Waals surface area contributed by atoms with Crippen LogP contribution in [0.1, 0.15) is 41.7 Å². The number of para-hydroxylation sites is 2. The molecule has 0 radical (unpaired) electrons. The van der Waals surface area contributed by atoms with Crippen molar-refractivity contribution in [2.75, 3.05) is 30.4 Å². The summed E-state index contributed by atoms with van der Waals surface area (Å²) in [7, 11) is 1.57. The van der Waals surface area contributed by atoms with E-state index in [4.69, 9.17) is 4.74 Å². The second-order valence-corrected chi connectivity index (χ2v) is 9.41. The number of aromatic nitrogens is 2. The molecule has 1 saturated heterocycles. The number of piperidine rings is 1. The third-order valence-electron chi connectivity index (χ3n) is 6.92. The summed E-state index contributed by atoms with van der Waals surface area (Å²) in [6.45, 7) is 4.11. The largest absolute Gasteiger partial charge is 0.496 e. The Labute approximate surface area is 218 Å². The summed E-state index contributed by atoms with van der Waals surface area (Å²) in [5.74, 6) is 0.384. The van der Waals surface area contributed by atoms with Crippen molar-refractivity contribution in [3.8, 4) is 11.4 Å². The Morgan fingerprint density at radius 2 is 1.70 bits per heavy atom. The highest BCUT2D eigenvalue weighted by atomic mass is 16.5. The summed E-state index contributed by atoms with van der Waals surface area (Å²) in [6, 6.07) is 26.2. The van der Waals surface area contributed by atoms with Gasteiger partial charge in [-0.25, -0.2) is 4.68 Å². The van der Waals surface area contributed by atoms with Crippen LogP contribution in [0.25, 0.3) is 5.69 Å². The van der Waals surface area contributed by atoms with Gasteiger partial charge in [-0.15, -0.1) is 0 Å². The number of rotatable bonds is 8. The predicted octanol–water partition coefficient (Wildman–Crippen LogP) is 5.45. The molecule has 1 aliphatic heterocycles. The molecule has 1 aliphatic rings. The number of ether oxygens (including phenoxy) is 1. The Kier molecular flexibility index (Phi) is 7.51. The molecule has 5 rings (SSSR count). The smallest absolute Gasteiger partial charge is 0.259 e. The first-order valence-corrected chi connectivity index (χ1v) is 12.8. The topological polar surface area (TPSA) is 71.4 Å². The van der Waals surface area contributed by atoms with Crippen molar-refractivity contribution in [1.29, 1.82) is 0 Å². The van der Waals surface area contributed by atoms with Gasteiger partial charge in [0, 0.05) is 48.3 Å². The number of nitrogens with one attached hydrogen (secondary N) is 2. The second-order valence-electron chi connectivity index (χ2n) is 9.41. The fourth-order valence-electron chi connectivity index (χ4n) is 4.85. The number of carbonyl (C=O) groups excluding carboxylic acids is 1. The highest BCUT2D eigenvalue weighted by Gasteiger charge is 2.22. The lowest BCUT2D eigenvalue weighted by atomic mass is 10.0. The average molecular weight is 496 g/mol. The van der Waals surface area contributed by atoms with E-state index in [1.54, 1.807) is 19.2 Å². The van der Waals surface area contributed by atoms with Gasteiger partial charge in [-0.05, 0) is 62.2 Å². The molecular weight excluding hydrogens is 462 g/mol. The SMILES string of the molecule is COc1ccccc1C(=O)Nc1cccc(N2CCC(N[C@@H](C)c3cnn(-c4ccccc4)c3)CC2)c1. The van der Waals surface area contributed by atoms with Crippen LogP contribution in [0.3, 0.4) is 0 Å². The summed E-state index contributed by atoms with van der Waals surface area (Å²) in [5.41, 5.74) is 4.66. The summed E-state index contributed by atoms with van der Waals surface area (Å²) < 4.78 is 7.26. The van der Waals surface area contributed by atoms with Crippen LogP contribution in [-0.4, -0.2) is 41.9 Å². The Balaban J connectivity index is 1.16. The molecule has 1 atom stereocenters. The molecule has 0 aliphatic carbocycles. The Hall–Kier alpha value is -4.10. The van der Waals surface area contributed by atoms with Crippen molar-refractivity contribution < 1.29 is 9.53 Å². The number of amides is 1. The van der Waals surface area contributed by atoms with Gasteiger partial charge in [-0.1, -0.05) is 36.4 Å². The molecule has 7 nitrogen and oxygen atoms in total. The number of benzene rings is 3. The van der Waals surface area contributed by atoms with Gasteiger partial charge in [0.1, 0.15) is 5.75 Å². The van der Waals surface area contributed by atoms with E-state index in [9.17, 15) is 4.79 Å². The molecule has 1 aromatic heterocycles. The third kappa shape index (κ3) is 5.84. The number of nitrogens with zero attached hydrogens (tertiary/aromatic N) is 3. The predicted molar refractivity (Wildman–Crippen MR) is 148 cm³/mol. The maximum absolute atomic E-state index is 12.8. The first-order valence-electron chi connectivity index (χ1n) is 12.8. The van der Waals surface area contributed by atoms with Gasteiger partial charge in [0.05, 0.1) is 24.6 Å². The zero-order chi connectivity index (χ0) is 25.6. The van der Waals surface area contributed by atoms with Crippen molar-refractivity contribution in [2.24, 2.45) is 0 Å². The summed E-state index contributed by atoms with van der Waals surface area (Å²) in [6.07, 6.45) is 6.15. The van der Waals surface area contributed by atoms with Crippen molar-refractivity contribution in [3.63, 3.8) is 0 Å². The van der Waals surface area contributed by atoms with Gasteiger partial charge in [-0.2, -0.15) is 5.10 Å².